The summed E-state index contributed by atoms with van der Waals surface area (Å²) in [6, 6.07) is 7.82. The van der Waals surface area contributed by atoms with E-state index >= 15 is 0 Å². The van der Waals surface area contributed by atoms with Crippen LogP contribution in [-0.2, 0) is 4.79 Å². The molecular weight excluding hydrogens is 380 g/mol. The molecule has 0 aliphatic carbocycles. The quantitative estimate of drug-likeness (QED) is 0.407. The van der Waals surface area contributed by atoms with Crippen molar-refractivity contribution in [2.24, 2.45) is 0 Å². The number of aliphatic hydroxyl groups excluding tert-OH is 2. The van der Waals surface area contributed by atoms with Crippen LogP contribution < -0.4 is 18.9 Å². The molecule has 156 valence electrons. The van der Waals surface area contributed by atoms with Gasteiger partial charge in [0, 0.05) is 0 Å². The minimum absolute atomic E-state index is 0.110. The number of phenolic OH excluding ortho intramolecular Hbond substituents is 1. The molecular formula is C21H24O8. The highest BCUT2D eigenvalue weighted by Crippen LogP contribution is 2.40. The average Bonchev–Trinajstić information content (AvgIpc) is 2.75. The minimum atomic E-state index is -1.26. The predicted octanol–water partition coefficient (Wildman–Crippen LogP) is 2.10. The smallest absolute Gasteiger partial charge is 0.200 e. The lowest BCUT2D eigenvalue weighted by molar-refractivity contribution is -0.104. The molecule has 3 N–H and O–H groups in total. The van der Waals surface area contributed by atoms with Crippen LogP contribution in [0.4, 0.5) is 0 Å². The molecule has 0 saturated heterocycles. The lowest BCUT2D eigenvalue weighted by atomic mass is 10.0. The lowest BCUT2D eigenvalue weighted by Gasteiger charge is -2.24. The molecule has 0 heterocycles. The number of ether oxygens (including phenoxy) is 4. The summed E-state index contributed by atoms with van der Waals surface area (Å²) in [5.74, 6) is 0.683. The molecule has 2 aromatic rings. The molecule has 0 unspecified atom stereocenters. The summed E-state index contributed by atoms with van der Waals surface area (Å²) in [4.78, 5) is 10.5. The number of hydrogen-bond donors (Lipinski definition) is 3. The Kier molecular flexibility index (Phi) is 7.88. The Balaban J connectivity index is 2.32. The summed E-state index contributed by atoms with van der Waals surface area (Å²) in [5.41, 5.74) is 1.04. The van der Waals surface area contributed by atoms with Gasteiger partial charge in [-0.05, 0) is 41.5 Å². The molecule has 0 aliphatic rings. The number of aliphatic hydroxyl groups is 2. The highest BCUT2D eigenvalue weighted by molar-refractivity contribution is 5.74. The van der Waals surface area contributed by atoms with Crippen LogP contribution in [0.2, 0.25) is 0 Å². The topological polar surface area (TPSA) is 115 Å². The van der Waals surface area contributed by atoms with Crippen molar-refractivity contribution in [3.63, 3.8) is 0 Å². The van der Waals surface area contributed by atoms with E-state index < -0.39 is 18.8 Å². The van der Waals surface area contributed by atoms with Gasteiger partial charge >= 0.3 is 0 Å². The van der Waals surface area contributed by atoms with Gasteiger partial charge in [-0.3, -0.25) is 4.79 Å². The van der Waals surface area contributed by atoms with Gasteiger partial charge in [0.2, 0.25) is 5.75 Å². The van der Waals surface area contributed by atoms with Crippen molar-refractivity contribution in [3.8, 4) is 28.7 Å². The number of allylic oxidation sites excluding steroid dienone is 1. The number of hydrogen-bond acceptors (Lipinski definition) is 8. The summed E-state index contributed by atoms with van der Waals surface area (Å²) in [7, 11) is 4.20. The van der Waals surface area contributed by atoms with Crippen LogP contribution >= 0.6 is 0 Å². The monoisotopic (exact) mass is 404 g/mol. The molecule has 8 nitrogen and oxygen atoms in total. The third kappa shape index (κ3) is 5.18. The Hall–Kier alpha value is -3.23. The molecule has 8 heteroatoms. The number of aldehydes is 1. The van der Waals surface area contributed by atoms with Gasteiger partial charge in [0.25, 0.3) is 0 Å². The van der Waals surface area contributed by atoms with Gasteiger partial charge in [-0.1, -0.05) is 12.1 Å². The summed E-state index contributed by atoms with van der Waals surface area (Å²) in [6.45, 7) is -0.497. The molecule has 0 radical (unpaired) electrons. The Morgan fingerprint density at radius 1 is 0.966 bits per heavy atom. The average molecular weight is 404 g/mol. The molecule has 0 aliphatic heterocycles. The lowest BCUT2D eigenvalue weighted by Crippen LogP contribution is -2.29. The van der Waals surface area contributed by atoms with Crippen LogP contribution in [0.15, 0.2) is 36.4 Å². The van der Waals surface area contributed by atoms with Crippen LogP contribution in [0.3, 0.4) is 0 Å². The highest BCUT2D eigenvalue weighted by Gasteiger charge is 2.26. The number of rotatable bonds is 10. The fraction of sp³-hybridized carbons (Fsp3) is 0.286. The Morgan fingerprint density at radius 2 is 1.59 bits per heavy atom. The van der Waals surface area contributed by atoms with Crippen LogP contribution in [0.1, 0.15) is 17.2 Å². The van der Waals surface area contributed by atoms with Crippen LogP contribution in [-0.4, -0.2) is 55.6 Å². The molecule has 2 aromatic carbocycles. The molecule has 0 saturated carbocycles. The molecule has 0 fully saturated rings. The third-order valence-electron chi connectivity index (χ3n) is 4.21. The zero-order chi connectivity index (χ0) is 21.4. The maximum atomic E-state index is 10.7. The molecule has 0 bridgehead atoms. The van der Waals surface area contributed by atoms with E-state index in [2.05, 4.69) is 0 Å². The number of phenols is 1. The largest absolute Gasteiger partial charge is 0.502 e. The maximum Gasteiger partial charge on any atom is 0.200 e. The third-order valence-corrected chi connectivity index (χ3v) is 4.21. The zero-order valence-electron chi connectivity index (χ0n) is 16.4. The Bertz CT molecular complexity index is 837. The van der Waals surface area contributed by atoms with E-state index in [0.29, 0.717) is 23.3 Å². The van der Waals surface area contributed by atoms with E-state index in [1.54, 1.807) is 24.3 Å². The fourth-order valence-corrected chi connectivity index (χ4v) is 2.70. The van der Waals surface area contributed by atoms with Crippen molar-refractivity contribution < 1.29 is 39.1 Å². The van der Waals surface area contributed by atoms with Crippen molar-refractivity contribution in [3.05, 3.63) is 47.5 Å². The molecule has 0 aromatic heterocycles. The van der Waals surface area contributed by atoms with E-state index in [1.165, 1.54) is 39.5 Å². The standard InChI is InChI=1S/C21H24O8/c1-26-16-9-13(5-4-8-22)6-7-15(16)29-19(12-23)20(24)14-10-17(27-2)21(25)18(11-14)28-3/h4-11,19-20,23-25H,12H2,1-3H3/b5-4+/t19-,20-/m1/s1. The van der Waals surface area contributed by atoms with Gasteiger partial charge in [0.1, 0.15) is 12.4 Å². The molecule has 0 amide bonds. The number of carbonyl (C=O) groups excluding carboxylic acids is 1. The van der Waals surface area contributed by atoms with Crippen molar-refractivity contribution in [2.45, 2.75) is 12.2 Å². The first-order valence-electron chi connectivity index (χ1n) is 8.69. The van der Waals surface area contributed by atoms with E-state index in [0.717, 1.165) is 5.56 Å². The fourth-order valence-electron chi connectivity index (χ4n) is 2.70. The summed E-state index contributed by atoms with van der Waals surface area (Å²) in [6.07, 6.45) is 1.31. The van der Waals surface area contributed by atoms with E-state index in [1.807, 2.05) is 0 Å². The number of methoxy groups -OCH3 is 3. The maximum absolute atomic E-state index is 10.7. The summed E-state index contributed by atoms with van der Waals surface area (Å²) >= 11 is 0. The first-order chi connectivity index (χ1) is 14.0. The van der Waals surface area contributed by atoms with Crippen molar-refractivity contribution in [1.29, 1.82) is 0 Å². The van der Waals surface area contributed by atoms with E-state index in [9.17, 15) is 20.1 Å². The second kappa shape index (κ2) is 10.4. The predicted molar refractivity (Wildman–Crippen MR) is 106 cm³/mol. The van der Waals surface area contributed by atoms with Gasteiger partial charge in [-0.25, -0.2) is 0 Å². The van der Waals surface area contributed by atoms with Gasteiger partial charge in [-0.15, -0.1) is 0 Å². The van der Waals surface area contributed by atoms with Gasteiger partial charge < -0.3 is 34.3 Å². The molecule has 2 atom stereocenters. The first-order valence-corrected chi connectivity index (χ1v) is 8.69. The second-order valence-corrected chi connectivity index (χ2v) is 5.96. The van der Waals surface area contributed by atoms with Crippen LogP contribution in [0, 0.1) is 0 Å². The van der Waals surface area contributed by atoms with E-state index in [4.69, 9.17) is 18.9 Å². The molecule has 0 spiro atoms. The number of carbonyl (C=O) groups is 1. The zero-order valence-corrected chi connectivity index (χ0v) is 16.4. The van der Waals surface area contributed by atoms with Crippen molar-refractivity contribution in [2.75, 3.05) is 27.9 Å². The molecule has 29 heavy (non-hydrogen) atoms. The first kappa shape index (κ1) is 22.1. The second-order valence-electron chi connectivity index (χ2n) is 5.96. The Labute approximate surface area is 168 Å². The summed E-state index contributed by atoms with van der Waals surface area (Å²) < 4.78 is 21.3. The SMILES string of the molecule is COc1cc(/C=C/C=O)ccc1O[C@H](CO)[C@H](O)c1cc(OC)c(O)c(OC)c1. The highest BCUT2D eigenvalue weighted by atomic mass is 16.5. The van der Waals surface area contributed by atoms with Crippen molar-refractivity contribution >= 4 is 12.4 Å². The molecule has 2 rings (SSSR count). The normalized spacial score (nSPS) is 13.0. The van der Waals surface area contributed by atoms with Crippen LogP contribution in [0.5, 0.6) is 28.7 Å². The van der Waals surface area contributed by atoms with Gasteiger partial charge in [0.05, 0.1) is 27.9 Å². The van der Waals surface area contributed by atoms with Crippen molar-refractivity contribution in [1.82, 2.24) is 0 Å². The van der Waals surface area contributed by atoms with Gasteiger partial charge in [-0.2, -0.15) is 0 Å². The minimum Gasteiger partial charge on any atom is -0.502 e. The van der Waals surface area contributed by atoms with Gasteiger partial charge in [0.15, 0.2) is 29.1 Å². The van der Waals surface area contributed by atoms with E-state index in [-0.39, 0.29) is 17.2 Å². The summed E-state index contributed by atoms with van der Waals surface area (Å²) in [5, 5.41) is 30.5. The number of aromatic hydroxyl groups is 1. The van der Waals surface area contributed by atoms with Crippen LogP contribution in [0.25, 0.3) is 6.08 Å². The Morgan fingerprint density at radius 3 is 2.10 bits per heavy atom. The number of benzene rings is 2.